The van der Waals surface area contributed by atoms with Crippen LogP contribution in [0.1, 0.15) is 28.3 Å². The van der Waals surface area contributed by atoms with Crippen LogP contribution in [-0.2, 0) is 0 Å². The van der Waals surface area contributed by atoms with Gasteiger partial charge in [-0.3, -0.25) is 0 Å². The molecule has 0 aromatic heterocycles. The number of hydrogen-bond donors (Lipinski definition) is 1. The van der Waals surface area contributed by atoms with Gasteiger partial charge >= 0.3 is 0 Å². The van der Waals surface area contributed by atoms with Gasteiger partial charge in [-0.25, -0.2) is 4.39 Å². The predicted octanol–water partition coefficient (Wildman–Crippen LogP) is 4.92. The molecule has 1 atom stereocenters. The standard InChI is InChI=1S/C16H16BrClFNO/c1-8-7-11(17)9(2)13(16(8)21-3)15(20)10-5-4-6-12(19)14(10)18/h4-7,15H,20H2,1-3H3. The maximum atomic E-state index is 13.7. The van der Waals surface area contributed by atoms with Crippen LogP contribution in [-0.4, -0.2) is 7.11 Å². The van der Waals surface area contributed by atoms with E-state index in [9.17, 15) is 4.39 Å². The average molecular weight is 373 g/mol. The minimum Gasteiger partial charge on any atom is -0.496 e. The molecule has 21 heavy (non-hydrogen) atoms. The van der Waals surface area contributed by atoms with Crippen LogP contribution in [0.4, 0.5) is 4.39 Å². The van der Waals surface area contributed by atoms with Gasteiger partial charge < -0.3 is 10.5 Å². The van der Waals surface area contributed by atoms with Crippen molar-refractivity contribution in [2.45, 2.75) is 19.9 Å². The number of benzene rings is 2. The Bertz CT molecular complexity index is 690. The first-order valence-corrected chi connectivity index (χ1v) is 7.58. The first kappa shape index (κ1) is 16.3. The van der Waals surface area contributed by atoms with Crippen LogP contribution in [0, 0.1) is 19.7 Å². The van der Waals surface area contributed by atoms with Crippen molar-refractivity contribution >= 4 is 27.5 Å². The molecule has 0 amide bonds. The van der Waals surface area contributed by atoms with Crippen LogP contribution >= 0.6 is 27.5 Å². The lowest BCUT2D eigenvalue weighted by Gasteiger charge is -2.22. The molecule has 2 aromatic carbocycles. The molecule has 0 bridgehead atoms. The third-order valence-corrected chi connectivity index (χ3v) is 4.76. The molecule has 0 aliphatic heterocycles. The largest absolute Gasteiger partial charge is 0.496 e. The molecule has 0 aliphatic rings. The lowest BCUT2D eigenvalue weighted by atomic mass is 9.93. The maximum absolute atomic E-state index is 13.7. The van der Waals surface area contributed by atoms with Gasteiger partial charge in [0.2, 0.25) is 0 Å². The lowest BCUT2D eigenvalue weighted by Crippen LogP contribution is -2.16. The molecule has 0 fully saturated rings. The Hall–Kier alpha value is -1.10. The van der Waals surface area contributed by atoms with Crippen molar-refractivity contribution in [2.75, 3.05) is 7.11 Å². The lowest BCUT2D eigenvalue weighted by molar-refractivity contribution is 0.404. The highest BCUT2D eigenvalue weighted by molar-refractivity contribution is 9.10. The summed E-state index contributed by atoms with van der Waals surface area (Å²) in [5.41, 5.74) is 9.59. The van der Waals surface area contributed by atoms with Gasteiger partial charge in [-0.05, 0) is 42.7 Å². The number of nitrogens with two attached hydrogens (primary N) is 1. The molecule has 0 radical (unpaired) electrons. The van der Waals surface area contributed by atoms with Crippen LogP contribution in [0.15, 0.2) is 28.7 Å². The highest BCUT2D eigenvalue weighted by Gasteiger charge is 2.23. The van der Waals surface area contributed by atoms with E-state index in [-0.39, 0.29) is 5.02 Å². The van der Waals surface area contributed by atoms with Crippen molar-refractivity contribution < 1.29 is 9.13 Å². The molecule has 2 N–H and O–H groups in total. The first-order valence-electron chi connectivity index (χ1n) is 6.41. The van der Waals surface area contributed by atoms with Gasteiger partial charge in [0.25, 0.3) is 0 Å². The van der Waals surface area contributed by atoms with Crippen LogP contribution in [0.2, 0.25) is 5.02 Å². The highest BCUT2D eigenvalue weighted by atomic mass is 79.9. The summed E-state index contributed by atoms with van der Waals surface area (Å²) < 4.78 is 20.1. The van der Waals surface area contributed by atoms with Crippen LogP contribution in [0.3, 0.4) is 0 Å². The zero-order valence-corrected chi connectivity index (χ0v) is 14.3. The predicted molar refractivity (Wildman–Crippen MR) is 87.6 cm³/mol. The molecule has 5 heteroatoms. The Morgan fingerprint density at radius 3 is 2.62 bits per heavy atom. The fraction of sp³-hybridized carbons (Fsp3) is 0.250. The molecule has 0 aliphatic carbocycles. The summed E-state index contributed by atoms with van der Waals surface area (Å²) in [6.45, 7) is 3.88. The van der Waals surface area contributed by atoms with Gasteiger partial charge in [-0.1, -0.05) is 39.7 Å². The smallest absolute Gasteiger partial charge is 0.142 e. The Morgan fingerprint density at radius 2 is 2.00 bits per heavy atom. The number of ether oxygens (including phenoxy) is 1. The van der Waals surface area contributed by atoms with E-state index in [0.29, 0.717) is 11.3 Å². The first-order chi connectivity index (χ1) is 9.88. The van der Waals surface area contributed by atoms with E-state index in [4.69, 9.17) is 22.1 Å². The molecule has 0 spiro atoms. The summed E-state index contributed by atoms with van der Waals surface area (Å²) >= 11 is 9.57. The number of hydrogen-bond acceptors (Lipinski definition) is 2. The van der Waals surface area contributed by atoms with E-state index >= 15 is 0 Å². The Balaban J connectivity index is 2.68. The molecule has 2 nitrogen and oxygen atoms in total. The van der Waals surface area contributed by atoms with Gasteiger partial charge in [-0.2, -0.15) is 0 Å². The van der Waals surface area contributed by atoms with Crippen LogP contribution in [0.5, 0.6) is 5.75 Å². The summed E-state index contributed by atoms with van der Waals surface area (Å²) in [5, 5.41) is 0.0454. The summed E-state index contributed by atoms with van der Waals surface area (Å²) in [6.07, 6.45) is 0. The molecule has 2 rings (SSSR count). The van der Waals surface area contributed by atoms with Crippen molar-refractivity contribution in [2.24, 2.45) is 5.73 Å². The van der Waals surface area contributed by atoms with E-state index < -0.39 is 11.9 Å². The van der Waals surface area contributed by atoms with E-state index in [2.05, 4.69) is 15.9 Å². The molecule has 0 saturated carbocycles. The topological polar surface area (TPSA) is 35.2 Å². The second-order valence-electron chi connectivity index (χ2n) is 4.87. The highest BCUT2D eigenvalue weighted by Crippen LogP contribution is 2.39. The van der Waals surface area contributed by atoms with E-state index in [0.717, 1.165) is 21.2 Å². The quantitative estimate of drug-likeness (QED) is 0.830. The third kappa shape index (κ3) is 2.93. The Morgan fingerprint density at radius 1 is 1.33 bits per heavy atom. The van der Waals surface area contributed by atoms with Crippen molar-refractivity contribution in [3.63, 3.8) is 0 Å². The van der Waals surface area contributed by atoms with Crippen molar-refractivity contribution in [1.29, 1.82) is 0 Å². The molecular weight excluding hydrogens is 357 g/mol. The third-order valence-electron chi connectivity index (χ3n) is 3.54. The van der Waals surface area contributed by atoms with Crippen molar-refractivity contribution in [1.82, 2.24) is 0 Å². The zero-order valence-electron chi connectivity index (χ0n) is 12.0. The van der Waals surface area contributed by atoms with Crippen molar-refractivity contribution in [3.05, 3.63) is 61.8 Å². The summed E-state index contributed by atoms with van der Waals surface area (Å²) in [6, 6.07) is 6.04. The number of methoxy groups -OCH3 is 1. The minimum absolute atomic E-state index is 0.0454. The molecule has 0 saturated heterocycles. The van der Waals surface area contributed by atoms with Gasteiger partial charge in [0.15, 0.2) is 0 Å². The molecular formula is C16H16BrClFNO. The number of halogens is 3. The summed E-state index contributed by atoms with van der Waals surface area (Å²) in [4.78, 5) is 0. The zero-order chi connectivity index (χ0) is 15.7. The van der Waals surface area contributed by atoms with E-state index in [1.165, 1.54) is 6.07 Å². The van der Waals surface area contributed by atoms with Gasteiger partial charge in [-0.15, -0.1) is 0 Å². The van der Waals surface area contributed by atoms with Gasteiger partial charge in [0.1, 0.15) is 11.6 Å². The van der Waals surface area contributed by atoms with Crippen LogP contribution in [0.25, 0.3) is 0 Å². The molecule has 2 aromatic rings. The molecule has 1 unspecified atom stereocenters. The fourth-order valence-electron chi connectivity index (χ4n) is 2.44. The minimum atomic E-state index is -0.570. The maximum Gasteiger partial charge on any atom is 0.142 e. The monoisotopic (exact) mass is 371 g/mol. The SMILES string of the molecule is COc1c(C)cc(Br)c(C)c1C(N)c1cccc(F)c1Cl. The Kier molecular flexibility index (Phi) is 4.91. The van der Waals surface area contributed by atoms with Crippen LogP contribution < -0.4 is 10.5 Å². The van der Waals surface area contributed by atoms with E-state index in [1.54, 1.807) is 19.2 Å². The van der Waals surface area contributed by atoms with Gasteiger partial charge in [0, 0.05) is 10.0 Å². The van der Waals surface area contributed by atoms with Gasteiger partial charge in [0.05, 0.1) is 18.2 Å². The molecule has 0 heterocycles. The average Bonchev–Trinajstić information content (AvgIpc) is 2.44. The number of rotatable bonds is 3. The second kappa shape index (κ2) is 6.34. The summed E-state index contributed by atoms with van der Waals surface area (Å²) in [5.74, 6) is 0.219. The Labute approximate surface area is 137 Å². The summed E-state index contributed by atoms with van der Waals surface area (Å²) in [7, 11) is 1.60. The normalized spacial score (nSPS) is 12.3. The van der Waals surface area contributed by atoms with Crippen molar-refractivity contribution in [3.8, 4) is 5.75 Å². The number of aryl methyl sites for hydroxylation is 1. The molecule has 112 valence electrons. The second-order valence-corrected chi connectivity index (χ2v) is 6.10. The fourth-order valence-corrected chi connectivity index (χ4v) is 3.24. The van der Waals surface area contributed by atoms with E-state index in [1.807, 2.05) is 19.9 Å².